The summed E-state index contributed by atoms with van der Waals surface area (Å²) in [6.07, 6.45) is 0. The maximum absolute atomic E-state index is 13.5. The number of anilines is 1. The third-order valence-corrected chi connectivity index (χ3v) is 5.04. The van der Waals surface area contributed by atoms with E-state index < -0.39 is 0 Å². The summed E-state index contributed by atoms with van der Waals surface area (Å²) in [4.78, 5) is 21.1. The molecule has 1 N–H and O–H groups in total. The fourth-order valence-corrected chi connectivity index (χ4v) is 3.41. The van der Waals surface area contributed by atoms with Gasteiger partial charge in [-0.05, 0) is 48.7 Å². The Labute approximate surface area is 168 Å². The molecular formula is C22H22FN3OS. The lowest BCUT2D eigenvalue weighted by molar-refractivity contribution is -0.113. The van der Waals surface area contributed by atoms with Crippen LogP contribution in [0.1, 0.15) is 31.0 Å². The number of aryl methyl sites for hydroxylation is 1. The van der Waals surface area contributed by atoms with Crippen LogP contribution < -0.4 is 5.32 Å². The molecule has 0 radical (unpaired) electrons. The Morgan fingerprint density at radius 2 is 1.86 bits per heavy atom. The molecule has 0 aliphatic rings. The van der Waals surface area contributed by atoms with Crippen LogP contribution >= 0.6 is 11.8 Å². The normalized spacial score (nSPS) is 10.9. The van der Waals surface area contributed by atoms with Crippen LogP contribution in [0.3, 0.4) is 0 Å². The molecule has 0 fully saturated rings. The van der Waals surface area contributed by atoms with Crippen molar-refractivity contribution in [3.63, 3.8) is 0 Å². The van der Waals surface area contributed by atoms with Gasteiger partial charge in [-0.25, -0.2) is 14.4 Å². The molecule has 4 nitrogen and oxygen atoms in total. The predicted octanol–water partition coefficient (Wildman–Crippen LogP) is 5.45. The number of halogens is 1. The zero-order valence-corrected chi connectivity index (χ0v) is 16.9. The second-order valence-electron chi connectivity index (χ2n) is 6.80. The average molecular weight is 396 g/mol. The van der Waals surface area contributed by atoms with Crippen molar-refractivity contribution in [3.05, 3.63) is 71.7 Å². The van der Waals surface area contributed by atoms with E-state index in [1.54, 1.807) is 12.1 Å². The number of benzene rings is 2. The van der Waals surface area contributed by atoms with Crippen LogP contribution in [0.2, 0.25) is 0 Å². The molecule has 3 aromatic rings. The molecule has 0 unspecified atom stereocenters. The zero-order valence-electron chi connectivity index (χ0n) is 16.1. The Kier molecular flexibility index (Phi) is 6.41. The highest BCUT2D eigenvalue weighted by Crippen LogP contribution is 2.23. The van der Waals surface area contributed by atoms with Gasteiger partial charge in [0.2, 0.25) is 5.91 Å². The molecule has 1 aromatic heterocycles. The molecule has 0 saturated heterocycles. The number of aromatic nitrogens is 2. The second kappa shape index (κ2) is 8.97. The van der Waals surface area contributed by atoms with E-state index in [1.165, 1.54) is 29.5 Å². The topological polar surface area (TPSA) is 54.9 Å². The Balaban J connectivity index is 1.64. The second-order valence-corrected chi connectivity index (χ2v) is 7.79. The summed E-state index contributed by atoms with van der Waals surface area (Å²) >= 11 is 1.33. The summed E-state index contributed by atoms with van der Waals surface area (Å²) in [5.74, 6) is 0.691. The predicted molar refractivity (Wildman–Crippen MR) is 112 cm³/mol. The first kappa shape index (κ1) is 20.0. The molecule has 1 heterocycles. The van der Waals surface area contributed by atoms with Gasteiger partial charge < -0.3 is 5.32 Å². The Bertz CT molecular complexity index is 974. The lowest BCUT2D eigenvalue weighted by Crippen LogP contribution is -2.14. The van der Waals surface area contributed by atoms with Gasteiger partial charge in [0.1, 0.15) is 10.8 Å². The van der Waals surface area contributed by atoms with Gasteiger partial charge >= 0.3 is 0 Å². The summed E-state index contributed by atoms with van der Waals surface area (Å²) in [6, 6.07) is 15.9. The number of thioether (sulfide) groups is 1. The molecule has 3 rings (SSSR count). The molecule has 0 bridgehead atoms. The van der Waals surface area contributed by atoms with E-state index in [1.807, 2.05) is 37.3 Å². The first-order valence-corrected chi connectivity index (χ1v) is 10.0. The molecule has 0 spiro atoms. The molecule has 1 amide bonds. The summed E-state index contributed by atoms with van der Waals surface area (Å²) in [5.41, 5.74) is 3.38. The van der Waals surface area contributed by atoms with Crippen molar-refractivity contribution in [1.82, 2.24) is 9.97 Å². The largest absolute Gasteiger partial charge is 0.325 e. The monoisotopic (exact) mass is 395 g/mol. The van der Waals surface area contributed by atoms with Crippen molar-refractivity contribution in [3.8, 4) is 11.4 Å². The fourth-order valence-electron chi connectivity index (χ4n) is 2.66. The summed E-state index contributed by atoms with van der Waals surface area (Å²) < 4.78 is 13.5. The molecule has 6 heteroatoms. The van der Waals surface area contributed by atoms with E-state index in [4.69, 9.17) is 0 Å². The summed E-state index contributed by atoms with van der Waals surface area (Å²) in [5, 5.41) is 3.57. The molecule has 28 heavy (non-hydrogen) atoms. The van der Waals surface area contributed by atoms with Crippen molar-refractivity contribution in [2.75, 3.05) is 11.1 Å². The quantitative estimate of drug-likeness (QED) is 0.446. The van der Waals surface area contributed by atoms with E-state index in [9.17, 15) is 9.18 Å². The number of carbonyl (C=O) groups excluding carboxylic acids is 1. The lowest BCUT2D eigenvalue weighted by Gasteiger charge is -2.09. The van der Waals surface area contributed by atoms with Gasteiger partial charge in [0.15, 0.2) is 5.82 Å². The highest BCUT2D eigenvalue weighted by Gasteiger charge is 2.09. The first-order valence-electron chi connectivity index (χ1n) is 9.05. The third-order valence-electron chi connectivity index (χ3n) is 4.13. The van der Waals surface area contributed by atoms with Crippen LogP contribution in [0, 0.1) is 12.7 Å². The molecule has 144 valence electrons. The van der Waals surface area contributed by atoms with Crippen molar-refractivity contribution >= 4 is 23.4 Å². The fraction of sp³-hybridized carbons (Fsp3) is 0.227. The minimum atomic E-state index is -0.334. The summed E-state index contributed by atoms with van der Waals surface area (Å²) in [6.45, 7) is 6.11. The smallest absolute Gasteiger partial charge is 0.234 e. The van der Waals surface area contributed by atoms with Crippen molar-refractivity contribution in [1.29, 1.82) is 0 Å². The zero-order chi connectivity index (χ0) is 20.1. The number of hydrogen-bond acceptors (Lipinski definition) is 4. The van der Waals surface area contributed by atoms with Crippen LogP contribution in [0.15, 0.2) is 59.6 Å². The van der Waals surface area contributed by atoms with E-state index in [0.29, 0.717) is 22.3 Å². The minimum Gasteiger partial charge on any atom is -0.325 e. The van der Waals surface area contributed by atoms with Gasteiger partial charge in [0.25, 0.3) is 0 Å². The minimum absolute atomic E-state index is 0.106. The van der Waals surface area contributed by atoms with Gasteiger partial charge in [-0.2, -0.15) is 0 Å². The van der Waals surface area contributed by atoms with Gasteiger partial charge in [0, 0.05) is 16.9 Å². The van der Waals surface area contributed by atoms with Gasteiger partial charge in [-0.1, -0.05) is 49.9 Å². The number of nitrogens with one attached hydrogen (secondary N) is 1. The van der Waals surface area contributed by atoms with Crippen LogP contribution in [-0.4, -0.2) is 21.6 Å². The molecule has 0 aliphatic heterocycles. The van der Waals surface area contributed by atoms with E-state index in [0.717, 1.165) is 11.4 Å². The molecule has 2 aromatic carbocycles. The van der Waals surface area contributed by atoms with Crippen LogP contribution in [0.5, 0.6) is 0 Å². The maximum atomic E-state index is 13.5. The highest BCUT2D eigenvalue weighted by atomic mass is 32.2. The number of nitrogens with zero attached hydrogens (tertiary/aromatic N) is 2. The average Bonchev–Trinajstić information content (AvgIpc) is 2.66. The van der Waals surface area contributed by atoms with Crippen LogP contribution in [-0.2, 0) is 4.79 Å². The van der Waals surface area contributed by atoms with Gasteiger partial charge in [-0.3, -0.25) is 4.79 Å². The Morgan fingerprint density at radius 3 is 2.54 bits per heavy atom. The SMILES string of the molecule is Cc1cc(SCC(=O)Nc2ccc(C(C)C)cc2)nc(-c2cccc(F)c2)n1. The van der Waals surface area contributed by atoms with E-state index in [2.05, 4.69) is 29.1 Å². The maximum Gasteiger partial charge on any atom is 0.234 e. The van der Waals surface area contributed by atoms with Crippen molar-refractivity contribution < 1.29 is 9.18 Å². The Morgan fingerprint density at radius 1 is 1.11 bits per heavy atom. The standard InChI is InChI=1S/C22H22FN3OS/c1-14(2)16-7-9-19(10-8-16)25-20(27)13-28-21-11-15(3)24-22(26-21)17-5-4-6-18(23)12-17/h4-12,14H,13H2,1-3H3,(H,25,27). The molecular weight excluding hydrogens is 373 g/mol. The Hall–Kier alpha value is -2.73. The highest BCUT2D eigenvalue weighted by molar-refractivity contribution is 7.99. The number of carbonyl (C=O) groups is 1. The number of hydrogen-bond donors (Lipinski definition) is 1. The molecule has 0 atom stereocenters. The van der Waals surface area contributed by atoms with Crippen molar-refractivity contribution in [2.45, 2.75) is 31.7 Å². The van der Waals surface area contributed by atoms with Crippen LogP contribution in [0.25, 0.3) is 11.4 Å². The third kappa shape index (κ3) is 5.39. The summed E-state index contributed by atoms with van der Waals surface area (Å²) in [7, 11) is 0. The lowest BCUT2D eigenvalue weighted by atomic mass is 10.0. The van der Waals surface area contributed by atoms with Crippen molar-refractivity contribution in [2.24, 2.45) is 0 Å². The number of rotatable bonds is 6. The van der Waals surface area contributed by atoms with Gasteiger partial charge in [-0.15, -0.1) is 0 Å². The molecule has 0 aliphatic carbocycles. The van der Waals surface area contributed by atoms with Crippen LogP contribution in [0.4, 0.5) is 10.1 Å². The van der Waals surface area contributed by atoms with Gasteiger partial charge in [0.05, 0.1) is 5.75 Å². The molecule has 0 saturated carbocycles. The van der Waals surface area contributed by atoms with E-state index in [-0.39, 0.29) is 17.5 Å². The first-order chi connectivity index (χ1) is 13.4. The van der Waals surface area contributed by atoms with E-state index >= 15 is 0 Å². The number of amides is 1.